The van der Waals surface area contributed by atoms with Crippen LogP contribution in [0.3, 0.4) is 0 Å². The fourth-order valence-corrected chi connectivity index (χ4v) is 5.91. The minimum Gasteiger partial charge on any atom is -0.508 e. The first-order valence-electron chi connectivity index (χ1n) is 14.2. The van der Waals surface area contributed by atoms with E-state index in [1.807, 2.05) is 6.07 Å². The topological polar surface area (TPSA) is 41.9 Å². The third-order valence-corrected chi connectivity index (χ3v) is 7.96. The first kappa shape index (κ1) is 25.7. The molecular formula is C33H41NO3. The summed E-state index contributed by atoms with van der Waals surface area (Å²) in [6, 6.07) is 24.7. The molecule has 4 nitrogen and oxygen atoms in total. The van der Waals surface area contributed by atoms with Crippen LogP contribution in [0.25, 0.3) is 0 Å². The maximum Gasteiger partial charge on any atom is 0.126 e. The number of aromatic hydroxyl groups is 1. The van der Waals surface area contributed by atoms with Gasteiger partial charge in [0, 0.05) is 23.5 Å². The number of unbranched alkanes of at least 4 members (excludes halogenated alkanes) is 5. The van der Waals surface area contributed by atoms with Gasteiger partial charge in [-0.3, -0.25) is 0 Å². The predicted molar refractivity (Wildman–Crippen MR) is 150 cm³/mol. The lowest BCUT2D eigenvalue weighted by atomic mass is 9.76. The molecule has 2 aliphatic heterocycles. The first-order chi connectivity index (χ1) is 18.3. The number of hydrogen-bond acceptors (Lipinski definition) is 4. The lowest BCUT2D eigenvalue weighted by molar-refractivity contribution is 0.247. The molecular weight excluding hydrogens is 458 g/mol. The van der Waals surface area contributed by atoms with Crippen LogP contribution >= 0.6 is 0 Å². The number of rotatable bonds is 12. The van der Waals surface area contributed by atoms with Gasteiger partial charge in [0.1, 0.15) is 17.2 Å². The molecule has 37 heavy (non-hydrogen) atoms. The summed E-state index contributed by atoms with van der Waals surface area (Å²) in [6.07, 6.45) is 10.5. The lowest BCUT2D eigenvalue weighted by Gasteiger charge is -2.34. The van der Waals surface area contributed by atoms with E-state index in [-0.39, 0.29) is 17.6 Å². The number of likely N-dealkylation sites (tertiary alicyclic amines) is 1. The fourth-order valence-electron chi connectivity index (χ4n) is 5.91. The highest BCUT2D eigenvalue weighted by molar-refractivity contribution is 5.50. The van der Waals surface area contributed by atoms with E-state index in [0.29, 0.717) is 6.61 Å². The second-order valence-corrected chi connectivity index (χ2v) is 10.6. The van der Waals surface area contributed by atoms with Gasteiger partial charge in [0.15, 0.2) is 0 Å². The molecule has 3 aromatic carbocycles. The molecule has 1 N–H and O–H groups in total. The summed E-state index contributed by atoms with van der Waals surface area (Å²) in [5.41, 5.74) is 3.62. The molecule has 0 aliphatic carbocycles. The molecule has 1 fully saturated rings. The highest BCUT2D eigenvalue weighted by Crippen LogP contribution is 2.47. The molecule has 0 amide bonds. The number of phenolic OH excluding ortho intramolecular Hbond substituents is 1. The van der Waals surface area contributed by atoms with Gasteiger partial charge in [0.05, 0.1) is 13.2 Å². The molecule has 3 aromatic rings. The molecule has 0 spiro atoms. The summed E-state index contributed by atoms with van der Waals surface area (Å²) >= 11 is 0. The van der Waals surface area contributed by atoms with Crippen molar-refractivity contribution < 1.29 is 14.6 Å². The van der Waals surface area contributed by atoms with E-state index in [2.05, 4.69) is 59.5 Å². The van der Waals surface area contributed by atoms with Gasteiger partial charge < -0.3 is 19.5 Å². The van der Waals surface area contributed by atoms with Gasteiger partial charge >= 0.3 is 0 Å². The van der Waals surface area contributed by atoms with Crippen LogP contribution in [0.15, 0.2) is 72.8 Å². The minimum absolute atomic E-state index is 0.159. The van der Waals surface area contributed by atoms with Gasteiger partial charge in [0.2, 0.25) is 0 Å². The van der Waals surface area contributed by atoms with Crippen molar-refractivity contribution in [1.29, 1.82) is 0 Å². The summed E-state index contributed by atoms with van der Waals surface area (Å²) < 4.78 is 12.2. The van der Waals surface area contributed by atoms with Gasteiger partial charge in [-0.15, -0.1) is 0 Å². The number of hydrogen-bond donors (Lipinski definition) is 1. The van der Waals surface area contributed by atoms with Crippen molar-refractivity contribution in [3.8, 4) is 17.2 Å². The molecule has 196 valence electrons. The molecule has 0 saturated carbocycles. The Morgan fingerprint density at radius 1 is 0.784 bits per heavy atom. The lowest BCUT2D eigenvalue weighted by Crippen LogP contribution is -2.25. The first-order valence-corrected chi connectivity index (χ1v) is 14.2. The van der Waals surface area contributed by atoms with Crippen LogP contribution in [0.4, 0.5) is 0 Å². The second-order valence-electron chi connectivity index (χ2n) is 10.6. The molecule has 0 unspecified atom stereocenters. The average Bonchev–Trinajstić information content (AvgIpc) is 3.46. The monoisotopic (exact) mass is 499 g/mol. The summed E-state index contributed by atoms with van der Waals surface area (Å²) in [5, 5.41) is 9.98. The van der Waals surface area contributed by atoms with Crippen LogP contribution in [0.2, 0.25) is 0 Å². The molecule has 1 saturated heterocycles. The van der Waals surface area contributed by atoms with Crippen molar-refractivity contribution in [2.45, 2.75) is 63.2 Å². The summed E-state index contributed by atoms with van der Waals surface area (Å²) in [4.78, 5) is 2.62. The minimum atomic E-state index is 0.159. The summed E-state index contributed by atoms with van der Waals surface area (Å²) in [6.45, 7) is 5.30. The Balaban J connectivity index is 1.12. The van der Waals surface area contributed by atoms with Gasteiger partial charge in [-0.25, -0.2) is 0 Å². The van der Waals surface area contributed by atoms with E-state index in [1.165, 1.54) is 75.7 Å². The molecule has 2 aliphatic rings. The molecule has 0 aromatic heterocycles. The second kappa shape index (κ2) is 13.0. The van der Waals surface area contributed by atoms with Gasteiger partial charge in [-0.2, -0.15) is 0 Å². The number of fused-ring (bicyclic) bond motifs is 1. The standard InChI is InChI=1S/C33H41NO3/c35-28-16-19-30-32(24-28)37-25-31(26-12-6-5-7-13-26)33(30)27-14-17-29(18-15-27)36-23-11-4-2-1-3-8-20-34-21-9-10-22-34/h5-7,12-19,24,31,33,35H,1-4,8-11,20-23,25H2/t31-,33+/m0/s1. The SMILES string of the molecule is Oc1ccc2c(c1)OC[C@@H](c1ccccc1)[C@@H]2c1ccc(OCCCCCCCCN2CCCC2)cc1. The smallest absolute Gasteiger partial charge is 0.126 e. The van der Waals surface area contributed by atoms with Crippen molar-refractivity contribution in [3.63, 3.8) is 0 Å². The van der Waals surface area contributed by atoms with Crippen LogP contribution in [0, 0.1) is 0 Å². The van der Waals surface area contributed by atoms with E-state index in [1.54, 1.807) is 12.1 Å². The average molecular weight is 500 g/mol. The van der Waals surface area contributed by atoms with Crippen LogP contribution in [-0.2, 0) is 0 Å². The third-order valence-electron chi connectivity index (χ3n) is 7.96. The number of phenols is 1. The van der Waals surface area contributed by atoms with E-state index in [4.69, 9.17) is 9.47 Å². The molecule has 2 heterocycles. The molecule has 0 radical (unpaired) electrons. The van der Waals surface area contributed by atoms with Crippen molar-refractivity contribution in [3.05, 3.63) is 89.5 Å². The Labute approximate surface area is 222 Å². The largest absolute Gasteiger partial charge is 0.508 e. The van der Waals surface area contributed by atoms with Gasteiger partial charge in [0.25, 0.3) is 0 Å². The highest BCUT2D eigenvalue weighted by Gasteiger charge is 2.33. The molecule has 2 atom stereocenters. The summed E-state index contributed by atoms with van der Waals surface area (Å²) in [5.74, 6) is 2.31. The zero-order valence-electron chi connectivity index (χ0n) is 22.0. The van der Waals surface area contributed by atoms with Gasteiger partial charge in [-0.05, 0) is 74.6 Å². The van der Waals surface area contributed by atoms with E-state index >= 15 is 0 Å². The van der Waals surface area contributed by atoms with Gasteiger partial charge in [-0.1, -0.05) is 74.2 Å². The summed E-state index contributed by atoms with van der Waals surface area (Å²) in [7, 11) is 0. The van der Waals surface area contributed by atoms with Crippen molar-refractivity contribution in [2.75, 3.05) is 32.8 Å². The molecule has 0 bridgehead atoms. The zero-order valence-corrected chi connectivity index (χ0v) is 22.0. The van der Waals surface area contributed by atoms with E-state index in [9.17, 15) is 5.11 Å². The molecule has 5 rings (SSSR count). The normalized spacial score (nSPS) is 19.4. The number of nitrogens with zero attached hydrogens (tertiary/aromatic N) is 1. The quantitative estimate of drug-likeness (QED) is 0.262. The predicted octanol–water partition coefficient (Wildman–Crippen LogP) is 7.52. The third kappa shape index (κ3) is 6.87. The fraction of sp³-hybridized carbons (Fsp3) is 0.455. The Morgan fingerprint density at radius 3 is 2.30 bits per heavy atom. The Bertz CT molecular complexity index is 1090. The number of ether oxygens (including phenoxy) is 2. The maximum atomic E-state index is 9.98. The van der Waals surface area contributed by atoms with Crippen LogP contribution < -0.4 is 9.47 Å². The maximum absolute atomic E-state index is 9.98. The molecule has 4 heteroatoms. The van der Waals surface area contributed by atoms with Crippen molar-refractivity contribution in [1.82, 2.24) is 4.90 Å². The van der Waals surface area contributed by atoms with Crippen molar-refractivity contribution in [2.24, 2.45) is 0 Å². The van der Waals surface area contributed by atoms with Crippen LogP contribution in [0.5, 0.6) is 17.2 Å². The van der Waals surface area contributed by atoms with Crippen LogP contribution in [0.1, 0.15) is 79.9 Å². The van der Waals surface area contributed by atoms with Crippen LogP contribution in [-0.4, -0.2) is 42.9 Å². The highest BCUT2D eigenvalue weighted by atomic mass is 16.5. The number of benzene rings is 3. The van der Waals surface area contributed by atoms with E-state index < -0.39 is 0 Å². The Kier molecular flexibility index (Phi) is 9.02. The van der Waals surface area contributed by atoms with E-state index in [0.717, 1.165) is 30.1 Å². The Hall–Kier alpha value is -2.98. The zero-order chi connectivity index (χ0) is 25.3. The Morgan fingerprint density at radius 2 is 1.51 bits per heavy atom. The van der Waals surface area contributed by atoms with Crippen molar-refractivity contribution >= 4 is 0 Å².